The van der Waals surface area contributed by atoms with Crippen molar-refractivity contribution in [3.63, 3.8) is 0 Å². The van der Waals surface area contributed by atoms with Crippen molar-refractivity contribution >= 4 is 23.6 Å². The molecule has 0 spiro atoms. The number of thioether (sulfide) groups is 1. The number of aliphatic hydroxyl groups excluding tert-OH is 1. The zero-order valence-corrected chi connectivity index (χ0v) is 12.9. The monoisotopic (exact) mass is 308 g/mol. The molecule has 0 aromatic heterocycles. The topological polar surface area (TPSA) is 69.6 Å². The lowest BCUT2D eigenvalue weighted by molar-refractivity contribution is -0.122. The van der Waals surface area contributed by atoms with Crippen LogP contribution in [0.2, 0.25) is 0 Å². The predicted octanol–water partition coefficient (Wildman–Crippen LogP) is 0.873. The van der Waals surface area contributed by atoms with Gasteiger partial charge in [-0.25, -0.2) is 0 Å². The number of carbonyl (C=O) groups excluding carboxylic acids is 2. The Balaban J connectivity index is 1.88. The zero-order chi connectivity index (χ0) is 15.2. The van der Waals surface area contributed by atoms with Crippen molar-refractivity contribution in [2.75, 3.05) is 25.2 Å². The van der Waals surface area contributed by atoms with Crippen LogP contribution in [0.1, 0.15) is 22.3 Å². The third kappa shape index (κ3) is 3.98. The highest BCUT2D eigenvalue weighted by Crippen LogP contribution is 2.21. The van der Waals surface area contributed by atoms with Crippen LogP contribution in [0.5, 0.6) is 0 Å². The van der Waals surface area contributed by atoms with Crippen molar-refractivity contribution in [1.82, 2.24) is 10.2 Å². The zero-order valence-electron chi connectivity index (χ0n) is 12.0. The number of nitrogens with one attached hydrogen (secondary N) is 1. The number of nitrogens with zero attached hydrogens (tertiary/aromatic N) is 1. The molecule has 2 rings (SSSR count). The van der Waals surface area contributed by atoms with Gasteiger partial charge in [0.1, 0.15) is 6.54 Å². The lowest BCUT2D eigenvalue weighted by Crippen LogP contribution is -2.44. The van der Waals surface area contributed by atoms with E-state index in [0.29, 0.717) is 12.1 Å². The average Bonchev–Trinajstić information content (AvgIpc) is 2.80. The number of fused-ring (bicyclic) bond motifs is 1. The van der Waals surface area contributed by atoms with E-state index in [9.17, 15) is 14.7 Å². The van der Waals surface area contributed by atoms with E-state index in [0.717, 1.165) is 17.7 Å². The van der Waals surface area contributed by atoms with Gasteiger partial charge in [0.15, 0.2) is 0 Å². The first kappa shape index (κ1) is 15.9. The molecule has 6 heteroatoms. The molecule has 0 saturated carbocycles. The molecule has 1 aliphatic heterocycles. The van der Waals surface area contributed by atoms with Gasteiger partial charge >= 0.3 is 0 Å². The highest BCUT2D eigenvalue weighted by atomic mass is 32.2. The number of hydrogen-bond acceptors (Lipinski definition) is 4. The van der Waals surface area contributed by atoms with Gasteiger partial charge in [-0.15, -0.1) is 0 Å². The molecule has 2 amide bonds. The molecule has 114 valence electrons. The van der Waals surface area contributed by atoms with Gasteiger partial charge < -0.3 is 15.3 Å². The fraction of sp³-hybridized carbons (Fsp3) is 0.467. The van der Waals surface area contributed by atoms with Crippen LogP contribution < -0.4 is 5.32 Å². The smallest absolute Gasteiger partial charge is 0.254 e. The summed E-state index contributed by atoms with van der Waals surface area (Å²) in [6.45, 7) is 0.417. The van der Waals surface area contributed by atoms with Gasteiger partial charge in [-0.1, -0.05) is 18.2 Å². The summed E-state index contributed by atoms with van der Waals surface area (Å²) in [6.07, 6.45) is 2.70. The van der Waals surface area contributed by atoms with Crippen LogP contribution in [-0.2, 0) is 11.3 Å². The van der Waals surface area contributed by atoms with E-state index in [1.54, 1.807) is 17.8 Å². The minimum absolute atomic E-state index is 0.0310. The summed E-state index contributed by atoms with van der Waals surface area (Å²) in [4.78, 5) is 25.7. The molecule has 1 aromatic carbocycles. The predicted molar refractivity (Wildman–Crippen MR) is 83.2 cm³/mol. The molecule has 0 fully saturated rings. The number of rotatable bonds is 7. The highest BCUT2D eigenvalue weighted by molar-refractivity contribution is 7.98. The molecule has 5 nitrogen and oxygen atoms in total. The molecule has 0 aliphatic carbocycles. The Kier molecular flexibility index (Phi) is 5.64. The Hall–Kier alpha value is -1.53. The molecule has 21 heavy (non-hydrogen) atoms. The van der Waals surface area contributed by atoms with Crippen LogP contribution >= 0.6 is 11.8 Å². The van der Waals surface area contributed by atoms with Crippen LogP contribution in [0, 0.1) is 0 Å². The Bertz CT molecular complexity index is 521. The van der Waals surface area contributed by atoms with Gasteiger partial charge in [0.2, 0.25) is 5.91 Å². The highest BCUT2D eigenvalue weighted by Gasteiger charge is 2.28. The second kappa shape index (κ2) is 7.47. The number of benzene rings is 1. The fourth-order valence-corrected chi connectivity index (χ4v) is 2.88. The Morgan fingerprint density at radius 1 is 1.48 bits per heavy atom. The van der Waals surface area contributed by atoms with Crippen LogP contribution in [-0.4, -0.2) is 53.0 Å². The van der Waals surface area contributed by atoms with Crippen molar-refractivity contribution in [3.05, 3.63) is 35.4 Å². The summed E-state index contributed by atoms with van der Waals surface area (Å²) in [5.74, 6) is 0.543. The van der Waals surface area contributed by atoms with Gasteiger partial charge in [0.05, 0.1) is 12.6 Å². The van der Waals surface area contributed by atoms with E-state index in [4.69, 9.17) is 0 Å². The van der Waals surface area contributed by atoms with Gasteiger partial charge in [-0.2, -0.15) is 11.8 Å². The van der Waals surface area contributed by atoms with Crippen LogP contribution in [0.25, 0.3) is 0 Å². The maximum absolute atomic E-state index is 12.2. The standard InChI is InChI=1S/C15H20N2O3S/c1-21-7-6-12(10-18)16-14(19)9-17-8-11-4-2-3-5-13(11)15(17)20/h2-5,12,18H,6-10H2,1H3,(H,16,19)/t12-/m0/s1. The summed E-state index contributed by atoms with van der Waals surface area (Å²) in [5, 5.41) is 12.0. The first-order valence-corrected chi connectivity index (χ1v) is 8.31. The van der Waals surface area contributed by atoms with E-state index < -0.39 is 0 Å². The Labute approximate surface area is 128 Å². The van der Waals surface area contributed by atoms with E-state index >= 15 is 0 Å². The number of carbonyl (C=O) groups is 2. The van der Waals surface area contributed by atoms with Gasteiger partial charge in [-0.3, -0.25) is 9.59 Å². The van der Waals surface area contributed by atoms with Crippen LogP contribution in [0.15, 0.2) is 24.3 Å². The Morgan fingerprint density at radius 3 is 2.90 bits per heavy atom. The maximum Gasteiger partial charge on any atom is 0.254 e. The summed E-state index contributed by atoms with van der Waals surface area (Å²) in [6, 6.07) is 7.15. The third-order valence-corrected chi connectivity index (χ3v) is 4.13. The molecular weight excluding hydrogens is 288 g/mol. The summed E-state index contributed by atoms with van der Waals surface area (Å²) in [5.41, 5.74) is 1.63. The molecule has 1 heterocycles. The number of hydrogen-bond donors (Lipinski definition) is 2. The largest absolute Gasteiger partial charge is 0.394 e. The van der Waals surface area contributed by atoms with Gasteiger partial charge in [0, 0.05) is 12.1 Å². The quantitative estimate of drug-likeness (QED) is 0.784. The lowest BCUT2D eigenvalue weighted by atomic mass is 10.1. The first-order valence-electron chi connectivity index (χ1n) is 6.92. The molecule has 0 saturated heterocycles. The van der Waals surface area contributed by atoms with Crippen molar-refractivity contribution < 1.29 is 14.7 Å². The van der Waals surface area contributed by atoms with E-state index in [2.05, 4.69) is 5.32 Å². The van der Waals surface area contributed by atoms with E-state index in [-0.39, 0.29) is 31.0 Å². The van der Waals surface area contributed by atoms with Crippen molar-refractivity contribution in [2.24, 2.45) is 0 Å². The van der Waals surface area contributed by atoms with Crippen LogP contribution in [0.3, 0.4) is 0 Å². The Morgan fingerprint density at radius 2 is 2.24 bits per heavy atom. The maximum atomic E-state index is 12.2. The first-order chi connectivity index (χ1) is 10.2. The van der Waals surface area contributed by atoms with Crippen LogP contribution in [0.4, 0.5) is 0 Å². The van der Waals surface area contributed by atoms with Crippen molar-refractivity contribution in [1.29, 1.82) is 0 Å². The van der Waals surface area contributed by atoms with Gasteiger partial charge in [0.25, 0.3) is 5.91 Å². The summed E-state index contributed by atoms with van der Waals surface area (Å²) >= 11 is 1.67. The second-order valence-electron chi connectivity index (χ2n) is 5.05. The normalized spacial score (nSPS) is 15.0. The summed E-state index contributed by atoms with van der Waals surface area (Å²) in [7, 11) is 0. The minimum Gasteiger partial charge on any atom is -0.394 e. The molecule has 2 N–H and O–H groups in total. The number of aliphatic hydroxyl groups is 1. The molecule has 1 atom stereocenters. The SMILES string of the molecule is CSCC[C@@H](CO)NC(=O)CN1Cc2ccccc2C1=O. The van der Waals surface area contributed by atoms with Crippen molar-refractivity contribution in [3.8, 4) is 0 Å². The average molecular weight is 308 g/mol. The number of amides is 2. The molecule has 0 unspecified atom stereocenters. The molecule has 0 bridgehead atoms. The third-order valence-electron chi connectivity index (χ3n) is 3.49. The summed E-state index contributed by atoms with van der Waals surface area (Å²) < 4.78 is 0. The molecule has 1 aliphatic rings. The minimum atomic E-state index is -0.245. The molecule has 1 aromatic rings. The van der Waals surface area contributed by atoms with Gasteiger partial charge in [-0.05, 0) is 30.1 Å². The molecular formula is C15H20N2O3S. The van der Waals surface area contributed by atoms with Crippen molar-refractivity contribution in [2.45, 2.75) is 19.0 Å². The second-order valence-corrected chi connectivity index (χ2v) is 6.03. The van der Waals surface area contributed by atoms with E-state index in [1.807, 2.05) is 24.5 Å². The lowest BCUT2D eigenvalue weighted by Gasteiger charge is -2.19. The molecule has 0 radical (unpaired) electrons. The fourth-order valence-electron chi connectivity index (χ4n) is 2.36. The van der Waals surface area contributed by atoms with E-state index in [1.165, 1.54) is 4.90 Å².